The third-order valence-corrected chi connectivity index (χ3v) is 10.1. The Morgan fingerprint density at radius 1 is 1.10 bits per heavy atom. The van der Waals surface area contributed by atoms with E-state index in [2.05, 4.69) is 37.7 Å². The molecule has 4 atom stereocenters. The van der Waals surface area contributed by atoms with E-state index in [0.717, 1.165) is 99.0 Å². The normalized spacial score (nSPS) is 20.6. The van der Waals surface area contributed by atoms with Crippen molar-refractivity contribution in [2.24, 2.45) is 27.7 Å². The fourth-order valence-corrected chi connectivity index (χ4v) is 6.68. The number of rotatable bonds is 16. The quantitative estimate of drug-likeness (QED) is 0.146. The Morgan fingerprint density at radius 3 is 2.49 bits per heavy atom. The van der Waals surface area contributed by atoms with Gasteiger partial charge in [0.15, 0.2) is 0 Å². The number of likely N-dealkylation sites (N-methyl/N-ethyl adjacent to an activating group) is 1. The molecular weight excluding hydrogens is 610 g/mol. The molecule has 0 bridgehead atoms. The summed E-state index contributed by atoms with van der Waals surface area (Å²) >= 11 is 0. The first-order valence-electron chi connectivity index (χ1n) is 18.0. The van der Waals surface area contributed by atoms with Gasteiger partial charge in [0.05, 0.1) is 18.2 Å². The van der Waals surface area contributed by atoms with Crippen molar-refractivity contribution in [2.45, 2.75) is 65.8 Å². The summed E-state index contributed by atoms with van der Waals surface area (Å²) in [6, 6.07) is 18.2. The van der Waals surface area contributed by atoms with Crippen molar-refractivity contribution in [3.05, 3.63) is 84.0 Å². The zero-order chi connectivity index (χ0) is 35.2. The lowest BCUT2D eigenvalue weighted by Crippen LogP contribution is -2.42. The van der Waals surface area contributed by atoms with Crippen LogP contribution in [0.3, 0.4) is 0 Å². The van der Waals surface area contributed by atoms with Crippen LogP contribution in [0.2, 0.25) is 0 Å². The Kier molecular flexibility index (Phi) is 15.0. The summed E-state index contributed by atoms with van der Waals surface area (Å²) in [7, 11) is 3.89. The maximum Gasteiger partial charge on any atom is 0.246 e. The van der Waals surface area contributed by atoms with Crippen molar-refractivity contribution < 1.29 is 14.3 Å². The summed E-state index contributed by atoms with van der Waals surface area (Å²) in [5.41, 5.74) is 4.30. The van der Waals surface area contributed by atoms with E-state index in [1.165, 1.54) is 0 Å². The molecule has 2 aliphatic rings. The number of carbonyl (C=O) groups is 1. The van der Waals surface area contributed by atoms with Gasteiger partial charge in [0.2, 0.25) is 5.91 Å². The second kappa shape index (κ2) is 19.3. The van der Waals surface area contributed by atoms with E-state index in [1.54, 1.807) is 13.1 Å². The highest BCUT2D eigenvalue weighted by atomic mass is 16.5. The number of hydrogen-bond donors (Lipinski definition) is 1. The molecule has 1 amide bonds. The minimum Gasteiger partial charge on any atom is -0.457 e. The summed E-state index contributed by atoms with van der Waals surface area (Å²) in [4.78, 5) is 27.5. The Balaban J connectivity index is 1.54. The van der Waals surface area contributed by atoms with E-state index in [9.17, 15) is 10.2 Å². The molecule has 2 aliphatic heterocycles. The number of likely N-dealkylation sites (tertiary alicyclic amines) is 1. The van der Waals surface area contributed by atoms with Gasteiger partial charge in [-0.3, -0.25) is 19.7 Å². The molecule has 0 aliphatic carbocycles. The number of carbonyl (C=O) groups excluding carboxylic acids is 1. The van der Waals surface area contributed by atoms with Crippen molar-refractivity contribution in [2.75, 3.05) is 53.5 Å². The number of aliphatic imine (C=N–C) groups is 2. The molecule has 2 saturated heterocycles. The van der Waals surface area contributed by atoms with Crippen LogP contribution in [0, 0.1) is 23.2 Å². The number of piperidine rings is 1. The van der Waals surface area contributed by atoms with Gasteiger partial charge in [0, 0.05) is 63.4 Å². The largest absolute Gasteiger partial charge is 0.457 e. The van der Waals surface area contributed by atoms with Gasteiger partial charge in [-0.1, -0.05) is 50.1 Å². The van der Waals surface area contributed by atoms with Gasteiger partial charge in [-0.2, -0.15) is 0 Å². The third kappa shape index (κ3) is 11.1. The molecule has 2 heterocycles. The van der Waals surface area contributed by atoms with E-state index in [1.807, 2.05) is 78.6 Å². The molecule has 49 heavy (non-hydrogen) atoms. The molecule has 0 radical (unpaired) electrons. The van der Waals surface area contributed by atoms with E-state index in [-0.39, 0.29) is 11.8 Å². The summed E-state index contributed by atoms with van der Waals surface area (Å²) in [5, 5.41) is 9.19. The number of para-hydroxylation sites is 1. The van der Waals surface area contributed by atoms with E-state index >= 15 is 0 Å². The fourth-order valence-electron chi connectivity index (χ4n) is 6.68. The molecule has 2 aromatic carbocycles. The van der Waals surface area contributed by atoms with Gasteiger partial charge in [-0.15, -0.1) is 0 Å². The maximum atomic E-state index is 13.3. The third-order valence-electron chi connectivity index (χ3n) is 10.1. The molecule has 0 saturated carbocycles. The maximum absolute atomic E-state index is 13.3. The van der Waals surface area contributed by atoms with Crippen molar-refractivity contribution in [1.82, 2.24) is 9.80 Å². The molecule has 4 unspecified atom stereocenters. The second-order valence-electron chi connectivity index (χ2n) is 13.5. The van der Waals surface area contributed by atoms with Crippen LogP contribution < -0.4 is 4.74 Å². The zero-order valence-corrected chi connectivity index (χ0v) is 30.5. The SMILES string of the molecule is CC/C(C)=C/C(=N)C(C(C)=NC)C(=NCC(CC)C1CCCN(C(=O)C=CCN(C)C2CCOC2)C1)c1ccc(Oc2ccccc2)cc1. The van der Waals surface area contributed by atoms with Crippen LogP contribution in [-0.4, -0.2) is 92.4 Å². The smallest absolute Gasteiger partial charge is 0.246 e. The average molecular weight is 668 g/mol. The van der Waals surface area contributed by atoms with E-state index in [4.69, 9.17) is 14.5 Å². The zero-order valence-electron chi connectivity index (χ0n) is 30.5. The standard InChI is InChI=1S/C41H57N5O3/c1-7-30(3)26-38(42)40(31(4)43-5)41(33-18-20-37(21-19-33)49-36-15-10-9-11-16-36)44-27-32(8-2)34-14-12-24-46(28-34)39(47)17-13-23-45(6)35-22-25-48-29-35/h9-11,13,15-21,26,32,34-35,40,42H,7-8,12,14,22-25,27-29H2,1-6H3/b17-13?,30-26+,42-38?,43-31?,44-41?. The second-order valence-corrected chi connectivity index (χ2v) is 13.5. The lowest BCUT2D eigenvalue weighted by atomic mass is 9.83. The Morgan fingerprint density at radius 2 is 1.84 bits per heavy atom. The first-order valence-corrected chi connectivity index (χ1v) is 18.0. The average Bonchev–Trinajstić information content (AvgIpc) is 3.67. The predicted molar refractivity (Wildman–Crippen MR) is 203 cm³/mol. The van der Waals surface area contributed by atoms with Crippen molar-refractivity contribution in [1.29, 1.82) is 5.41 Å². The Labute approximate surface area is 294 Å². The van der Waals surface area contributed by atoms with Gasteiger partial charge >= 0.3 is 0 Å². The number of allylic oxidation sites excluding steroid dienone is 2. The fraction of sp³-hybridized carbons (Fsp3) is 0.512. The monoisotopic (exact) mass is 667 g/mol. The highest BCUT2D eigenvalue weighted by Gasteiger charge is 2.30. The Hall–Kier alpha value is -3.88. The van der Waals surface area contributed by atoms with Crippen LogP contribution in [0.15, 0.2) is 88.4 Å². The molecule has 2 aromatic rings. The lowest BCUT2D eigenvalue weighted by Gasteiger charge is -2.36. The molecule has 0 spiro atoms. The van der Waals surface area contributed by atoms with E-state index < -0.39 is 0 Å². The lowest BCUT2D eigenvalue weighted by molar-refractivity contribution is -0.128. The van der Waals surface area contributed by atoms with Gasteiger partial charge in [-0.25, -0.2) is 0 Å². The van der Waals surface area contributed by atoms with Crippen LogP contribution in [-0.2, 0) is 9.53 Å². The molecule has 0 aromatic heterocycles. The minimum absolute atomic E-state index is 0.0963. The minimum atomic E-state index is -0.367. The molecule has 8 nitrogen and oxygen atoms in total. The van der Waals surface area contributed by atoms with Gasteiger partial charge < -0.3 is 19.8 Å². The molecule has 8 heteroatoms. The van der Waals surface area contributed by atoms with Crippen LogP contribution in [0.1, 0.15) is 65.4 Å². The molecular formula is C41H57N5O3. The number of nitrogens with one attached hydrogen (secondary N) is 1. The topological polar surface area (TPSA) is 90.6 Å². The molecule has 4 rings (SSSR count). The summed E-state index contributed by atoms with van der Waals surface area (Å²) in [5.74, 6) is 1.93. The first-order chi connectivity index (χ1) is 23.7. The van der Waals surface area contributed by atoms with Crippen LogP contribution in [0.25, 0.3) is 0 Å². The number of amides is 1. The molecule has 264 valence electrons. The van der Waals surface area contributed by atoms with Gasteiger partial charge in [0.25, 0.3) is 0 Å². The van der Waals surface area contributed by atoms with Crippen LogP contribution >= 0.6 is 0 Å². The number of benzene rings is 2. The van der Waals surface area contributed by atoms with Crippen molar-refractivity contribution in [3.8, 4) is 11.5 Å². The number of nitrogens with zero attached hydrogens (tertiary/aromatic N) is 4. The summed E-state index contributed by atoms with van der Waals surface area (Å²) < 4.78 is 11.6. The van der Waals surface area contributed by atoms with E-state index in [0.29, 0.717) is 30.1 Å². The number of hydrogen-bond acceptors (Lipinski definition) is 7. The highest BCUT2D eigenvalue weighted by Crippen LogP contribution is 2.29. The predicted octanol–water partition coefficient (Wildman–Crippen LogP) is 7.89. The van der Waals surface area contributed by atoms with Crippen molar-refractivity contribution in [3.63, 3.8) is 0 Å². The Bertz CT molecular complexity index is 1470. The highest BCUT2D eigenvalue weighted by molar-refractivity contribution is 6.29. The molecule has 1 N–H and O–H groups in total. The summed E-state index contributed by atoms with van der Waals surface area (Å²) in [6.45, 7) is 12.9. The van der Waals surface area contributed by atoms with Gasteiger partial charge in [-0.05, 0) is 106 Å². The van der Waals surface area contributed by atoms with Crippen LogP contribution in [0.5, 0.6) is 11.5 Å². The number of ether oxygens (including phenoxy) is 2. The first kappa shape index (κ1) is 37.9. The van der Waals surface area contributed by atoms with Crippen molar-refractivity contribution >= 4 is 23.0 Å². The van der Waals surface area contributed by atoms with Crippen LogP contribution in [0.4, 0.5) is 0 Å². The molecule has 2 fully saturated rings. The van der Waals surface area contributed by atoms with Gasteiger partial charge in [0.1, 0.15) is 11.5 Å². The summed E-state index contributed by atoms with van der Waals surface area (Å²) in [6.07, 6.45) is 10.7.